The van der Waals surface area contributed by atoms with Crippen molar-refractivity contribution in [2.24, 2.45) is 0 Å². The summed E-state index contributed by atoms with van der Waals surface area (Å²) in [5.74, 6) is 0.0742. The SMILES string of the molecule is Cc1ccc(C2(C(=O)O)CCCS2)nn1. The van der Waals surface area contributed by atoms with E-state index in [1.165, 1.54) is 11.8 Å². The van der Waals surface area contributed by atoms with Gasteiger partial charge in [-0.05, 0) is 37.7 Å². The van der Waals surface area contributed by atoms with Crippen LogP contribution in [0, 0.1) is 6.92 Å². The molecule has 0 spiro atoms. The van der Waals surface area contributed by atoms with E-state index in [0.717, 1.165) is 17.9 Å². The van der Waals surface area contributed by atoms with Crippen molar-refractivity contribution in [3.05, 3.63) is 23.5 Å². The summed E-state index contributed by atoms with van der Waals surface area (Å²) in [6.45, 7) is 1.84. The maximum atomic E-state index is 11.3. The standard InChI is InChI=1S/C10H12N2O2S/c1-7-3-4-8(12-11-7)10(9(13)14)5-2-6-15-10/h3-4H,2,5-6H2,1H3,(H,13,14). The van der Waals surface area contributed by atoms with Gasteiger partial charge in [0, 0.05) is 0 Å². The van der Waals surface area contributed by atoms with Crippen molar-refractivity contribution in [3.8, 4) is 0 Å². The fourth-order valence-electron chi connectivity index (χ4n) is 1.73. The molecule has 1 N–H and O–H groups in total. The van der Waals surface area contributed by atoms with Gasteiger partial charge in [-0.2, -0.15) is 10.2 Å². The largest absolute Gasteiger partial charge is 0.480 e. The van der Waals surface area contributed by atoms with Gasteiger partial charge in [0.05, 0.1) is 11.4 Å². The van der Waals surface area contributed by atoms with Crippen LogP contribution in [0.5, 0.6) is 0 Å². The van der Waals surface area contributed by atoms with Crippen LogP contribution in [0.3, 0.4) is 0 Å². The first kappa shape index (κ1) is 10.4. The van der Waals surface area contributed by atoms with Crippen molar-refractivity contribution in [3.63, 3.8) is 0 Å². The molecule has 1 aromatic rings. The van der Waals surface area contributed by atoms with E-state index in [9.17, 15) is 9.90 Å². The molecular weight excluding hydrogens is 212 g/mol. The maximum absolute atomic E-state index is 11.3. The number of carboxylic acids is 1. The molecular formula is C10H12N2O2S. The van der Waals surface area contributed by atoms with E-state index in [2.05, 4.69) is 10.2 Å². The lowest BCUT2D eigenvalue weighted by Crippen LogP contribution is -2.30. The first-order valence-electron chi connectivity index (χ1n) is 4.83. The van der Waals surface area contributed by atoms with E-state index in [0.29, 0.717) is 12.1 Å². The van der Waals surface area contributed by atoms with Crippen LogP contribution in [0.4, 0.5) is 0 Å². The number of carbonyl (C=O) groups is 1. The summed E-state index contributed by atoms with van der Waals surface area (Å²) < 4.78 is -0.860. The molecule has 15 heavy (non-hydrogen) atoms. The van der Waals surface area contributed by atoms with Crippen LogP contribution in [-0.4, -0.2) is 27.0 Å². The minimum absolute atomic E-state index is 0.572. The first-order valence-corrected chi connectivity index (χ1v) is 5.82. The number of thioether (sulfide) groups is 1. The Morgan fingerprint density at radius 3 is 2.80 bits per heavy atom. The number of rotatable bonds is 2. The molecule has 1 saturated heterocycles. The predicted octanol–water partition coefficient (Wildman–Crippen LogP) is 1.59. The normalized spacial score (nSPS) is 25.4. The zero-order valence-electron chi connectivity index (χ0n) is 8.43. The Kier molecular flexibility index (Phi) is 2.65. The summed E-state index contributed by atoms with van der Waals surface area (Å²) >= 11 is 1.45. The highest BCUT2D eigenvalue weighted by Gasteiger charge is 2.45. The summed E-state index contributed by atoms with van der Waals surface area (Å²) in [7, 11) is 0. The van der Waals surface area contributed by atoms with Gasteiger partial charge in [0.25, 0.3) is 0 Å². The molecule has 0 aliphatic carbocycles. The van der Waals surface area contributed by atoms with Crippen molar-refractivity contribution in [2.75, 3.05) is 5.75 Å². The van der Waals surface area contributed by atoms with E-state index in [-0.39, 0.29) is 0 Å². The highest BCUT2D eigenvalue weighted by atomic mass is 32.2. The number of aromatic nitrogens is 2. The van der Waals surface area contributed by atoms with E-state index in [4.69, 9.17) is 0 Å². The molecule has 1 atom stereocenters. The Labute approximate surface area is 92.1 Å². The highest BCUT2D eigenvalue weighted by molar-refractivity contribution is 8.01. The van der Waals surface area contributed by atoms with Gasteiger partial charge in [-0.1, -0.05) is 0 Å². The quantitative estimate of drug-likeness (QED) is 0.826. The van der Waals surface area contributed by atoms with E-state index < -0.39 is 10.7 Å². The second-order valence-corrected chi connectivity index (χ2v) is 5.04. The maximum Gasteiger partial charge on any atom is 0.326 e. The van der Waals surface area contributed by atoms with Gasteiger partial charge in [-0.15, -0.1) is 11.8 Å². The molecule has 0 aromatic carbocycles. The van der Waals surface area contributed by atoms with Crippen molar-refractivity contribution in [1.82, 2.24) is 10.2 Å². The number of aliphatic carboxylic acids is 1. The molecule has 2 rings (SSSR count). The van der Waals surface area contributed by atoms with Gasteiger partial charge in [0.1, 0.15) is 0 Å². The minimum atomic E-state index is -0.860. The summed E-state index contributed by atoms with van der Waals surface area (Å²) in [5.41, 5.74) is 1.38. The van der Waals surface area contributed by atoms with Crippen LogP contribution in [0.1, 0.15) is 24.2 Å². The number of carboxylic acid groups (broad SMARTS) is 1. The highest BCUT2D eigenvalue weighted by Crippen LogP contribution is 2.45. The van der Waals surface area contributed by atoms with Gasteiger partial charge in [0.15, 0.2) is 4.75 Å². The molecule has 1 aliphatic heterocycles. The van der Waals surface area contributed by atoms with E-state index in [1.807, 2.05) is 13.0 Å². The molecule has 0 radical (unpaired) electrons. The van der Waals surface area contributed by atoms with Crippen molar-refractivity contribution in [1.29, 1.82) is 0 Å². The van der Waals surface area contributed by atoms with Crippen molar-refractivity contribution in [2.45, 2.75) is 24.5 Å². The van der Waals surface area contributed by atoms with Gasteiger partial charge in [-0.25, -0.2) is 0 Å². The number of hydrogen-bond donors (Lipinski definition) is 1. The van der Waals surface area contributed by atoms with Crippen LogP contribution in [0.25, 0.3) is 0 Å². The van der Waals surface area contributed by atoms with Crippen LogP contribution >= 0.6 is 11.8 Å². The molecule has 1 fully saturated rings. The molecule has 80 valence electrons. The summed E-state index contributed by atoms with van der Waals surface area (Å²) in [6, 6.07) is 3.58. The summed E-state index contributed by atoms with van der Waals surface area (Å²) in [6.07, 6.45) is 1.57. The molecule has 0 amide bonds. The van der Waals surface area contributed by atoms with Crippen LogP contribution in [0.15, 0.2) is 12.1 Å². The Morgan fingerprint density at radius 1 is 1.53 bits per heavy atom. The fraction of sp³-hybridized carbons (Fsp3) is 0.500. The Balaban J connectivity index is 2.41. The zero-order valence-corrected chi connectivity index (χ0v) is 9.25. The van der Waals surface area contributed by atoms with Gasteiger partial charge >= 0.3 is 5.97 Å². The topological polar surface area (TPSA) is 63.1 Å². The molecule has 2 heterocycles. The molecule has 0 saturated carbocycles. The molecule has 1 aliphatic rings. The lowest BCUT2D eigenvalue weighted by atomic mass is 9.99. The third kappa shape index (κ3) is 1.71. The lowest BCUT2D eigenvalue weighted by Gasteiger charge is -2.21. The van der Waals surface area contributed by atoms with Crippen LogP contribution in [-0.2, 0) is 9.54 Å². The number of hydrogen-bond acceptors (Lipinski definition) is 4. The average molecular weight is 224 g/mol. The predicted molar refractivity (Wildman–Crippen MR) is 57.8 cm³/mol. The lowest BCUT2D eigenvalue weighted by molar-refractivity contribution is -0.140. The monoisotopic (exact) mass is 224 g/mol. The molecule has 1 unspecified atom stereocenters. The first-order chi connectivity index (χ1) is 7.15. The Bertz CT molecular complexity index is 372. The van der Waals surface area contributed by atoms with Crippen LogP contribution < -0.4 is 0 Å². The van der Waals surface area contributed by atoms with E-state index in [1.54, 1.807) is 6.07 Å². The van der Waals surface area contributed by atoms with Gasteiger partial charge in [0.2, 0.25) is 0 Å². The average Bonchev–Trinajstić information content (AvgIpc) is 2.69. The Morgan fingerprint density at radius 2 is 2.33 bits per heavy atom. The Hall–Kier alpha value is -1.10. The van der Waals surface area contributed by atoms with Crippen LogP contribution in [0.2, 0.25) is 0 Å². The summed E-state index contributed by atoms with van der Waals surface area (Å²) in [4.78, 5) is 11.3. The van der Waals surface area contributed by atoms with E-state index >= 15 is 0 Å². The zero-order chi connectivity index (χ0) is 10.9. The molecule has 4 nitrogen and oxygen atoms in total. The number of nitrogens with zero attached hydrogens (tertiary/aromatic N) is 2. The van der Waals surface area contributed by atoms with Gasteiger partial charge < -0.3 is 5.11 Å². The third-order valence-electron chi connectivity index (χ3n) is 2.58. The second kappa shape index (κ2) is 3.81. The van der Waals surface area contributed by atoms with Gasteiger partial charge in [-0.3, -0.25) is 4.79 Å². The molecule has 0 bridgehead atoms. The minimum Gasteiger partial charge on any atom is -0.480 e. The molecule has 1 aromatic heterocycles. The second-order valence-electron chi connectivity index (χ2n) is 3.64. The number of aryl methyl sites for hydroxylation is 1. The fourth-order valence-corrected chi connectivity index (χ4v) is 3.04. The smallest absolute Gasteiger partial charge is 0.326 e. The third-order valence-corrected chi connectivity index (χ3v) is 4.15. The summed E-state index contributed by atoms with van der Waals surface area (Å²) in [5, 5.41) is 17.2. The van der Waals surface area contributed by atoms with Crippen molar-refractivity contribution >= 4 is 17.7 Å². The van der Waals surface area contributed by atoms with Crippen molar-refractivity contribution < 1.29 is 9.90 Å². The molecule has 5 heteroatoms.